The molecular formula is C16H19N3OS. The van der Waals surface area contributed by atoms with Crippen molar-refractivity contribution in [1.82, 2.24) is 9.88 Å². The molecule has 3 rings (SSSR count). The number of nitrogens with zero attached hydrogens (tertiary/aromatic N) is 2. The Balaban J connectivity index is 1.69. The molecule has 1 aliphatic rings. The van der Waals surface area contributed by atoms with E-state index in [-0.39, 0.29) is 5.91 Å². The highest BCUT2D eigenvalue weighted by molar-refractivity contribution is 7.15. The van der Waals surface area contributed by atoms with Gasteiger partial charge in [0.1, 0.15) is 0 Å². The standard InChI is InChI=1S/C16H19N3OS/c1-2-8-17-16-18-10-13(21-16)11-19-9-7-12-5-3-4-6-14(12)15(19)20/h3-6,10H,2,7-9,11H2,1H3,(H,17,18). The fourth-order valence-electron chi connectivity index (χ4n) is 2.51. The minimum absolute atomic E-state index is 0.133. The molecule has 4 nitrogen and oxygen atoms in total. The summed E-state index contributed by atoms with van der Waals surface area (Å²) in [4.78, 5) is 19.9. The summed E-state index contributed by atoms with van der Waals surface area (Å²) in [5.41, 5.74) is 2.01. The SMILES string of the molecule is CCCNc1ncc(CN2CCc3ccccc3C2=O)s1. The lowest BCUT2D eigenvalue weighted by atomic mass is 9.99. The Hall–Kier alpha value is -1.88. The third kappa shape index (κ3) is 3.08. The molecule has 0 saturated carbocycles. The molecule has 1 aromatic heterocycles. The number of aromatic nitrogens is 1. The van der Waals surface area contributed by atoms with Crippen LogP contribution in [0.5, 0.6) is 0 Å². The van der Waals surface area contributed by atoms with Crippen LogP contribution in [0.2, 0.25) is 0 Å². The molecule has 5 heteroatoms. The number of carbonyl (C=O) groups excluding carboxylic acids is 1. The summed E-state index contributed by atoms with van der Waals surface area (Å²) in [5, 5.41) is 4.22. The average molecular weight is 301 g/mol. The number of nitrogens with one attached hydrogen (secondary N) is 1. The summed E-state index contributed by atoms with van der Waals surface area (Å²) in [6.45, 7) is 4.50. The molecule has 0 radical (unpaired) electrons. The Morgan fingerprint density at radius 2 is 2.24 bits per heavy atom. The predicted molar refractivity (Wildman–Crippen MR) is 85.8 cm³/mol. The van der Waals surface area contributed by atoms with E-state index >= 15 is 0 Å². The van der Waals surface area contributed by atoms with Gasteiger partial charge in [0.05, 0.1) is 6.54 Å². The van der Waals surface area contributed by atoms with Crippen molar-refractivity contribution in [3.05, 3.63) is 46.5 Å². The van der Waals surface area contributed by atoms with E-state index in [1.54, 1.807) is 11.3 Å². The van der Waals surface area contributed by atoms with Gasteiger partial charge in [-0.2, -0.15) is 0 Å². The zero-order chi connectivity index (χ0) is 14.7. The molecule has 0 bridgehead atoms. The van der Waals surface area contributed by atoms with Crippen molar-refractivity contribution >= 4 is 22.4 Å². The van der Waals surface area contributed by atoms with Crippen LogP contribution in [-0.4, -0.2) is 28.9 Å². The number of carbonyl (C=O) groups is 1. The Morgan fingerprint density at radius 3 is 3.10 bits per heavy atom. The number of benzene rings is 1. The van der Waals surface area contributed by atoms with Crippen molar-refractivity contribution in [2.75, 3.05) is 18.4 Å². The zero-order valence-corrected chi connectivity index (χ0v) is 12.9. The van der Waals surface area contributed by atoms with Gasteiger partial charge >= 0.3 is 0 Å². The first-order chi connectivity index (χ1) is 10.3. The van der Waals surface area contributed by atoms with Crippen molar-refractivity contribution in [3.63, 3.8) is 0 Å². The molecule has 1 N–H and O–H groups in total. The summed E-state index contributed by atoms with van der Waals surface area (Å²) in [5.74, 6) is 0.133. The monoisotopic (exact) mass is 301 g/mol. The van der Waals surface area contributed by atoms with E-state index in [4.69, 9.17) is 0 Å². The third-order valence-electron chi connectivity index (χ3n) is 3.61. The van der Waals surface area contributed by atoms with Gasteiger partial charge in [-0.25, -0.2) is 4.98 Å². The highest BCUT2D eigenvalue weighted by atomic mass is 32.1. The molecule has 0 saturated heterocycles. The van der Waals surface area contributed by atoms with Crippen LogP contribution in [0.1, 0.15) is 34.1 Å². The number of rotatable bonds is 5. The van der Waals surface area contributed by atoms with Crippen LogP contribution in [0.15, 0.2) is 30.5 Å². The minimum atomic E-state index is 0.133. The van der Waals surface area contributed by atoms with Gasteiger partial charge in [-0.05, 0) is 24.5 Å². The fourth-order valence-corrected chi connectivity index (χ4v) is 3.36. The van der Waals surface area contributed by atoms with Crippen LogP contribution in [0.25, 0.3) is 0 Å². The van der Waals surface area contributed by atoms with E-state index < -0.39 is 0 Å². The lowest BCUT2D eigenvalue weighted by Crippen LogP contribution is -2.36. The van der Waals surface area contributed by atoms with E-state index in [9.17, 15) is 4.79 Å². The molecule has 0 unspecified atom stereocenters. The maximum Gasteiger partial charge on any atom is 0.254 e. The van der Waals surface area contributed by atoms with E-state index in [0.29, 0.717) is 6.54 Å². The predicted octanol–water partition coefficient (Wildman–Crippen LogP) is 3.16. The third-order valence-corrected chi connectivity index (χ3v) is 4.55. The van der Waals surface area contributed by atoms with E-state index in [1.165, 1.54) is 0 Å². The van der Waals surface area contributed by atoms with Crippen LogP contribution < -0.4 is 5.32 Å². The number of thiazole rings is 1. The molecule has 1 aromatic carbocycles. The quantitative estimate of drug-likeness (QED) is 0.922. The second kappa shape index (κ2) is 6.26. The largest absolute Gasteiger partial charge is 0.362 e. The van der Waals surface area contributed by atoms with Gasteiger partial charge in [-0.3, -0.25) is 4.79 Å². The first-order valence-corrected chi connectivity index (χ1v) is 8.15. The van der Waals surface area contributed by atoms with Crippen LogP contribution in [0, 0.1) is 0 Å². The highest BCUT2D eigenvalue weighted by Gasteiger charge is 2.24. The van der Waals surface area contributed by atoms with Gasteiger partial charge in [-0.15, -0.1) is 11.3 Å². The average Bonchev–Trinajstić information content (AvgIpc) is 2.96. The van der Waals surface area contributed by atoms with E-state index in [2.05, 4.69) is 17.2 Å². The maximum absolute atomic E-state index is 12.5. The van der Waals surface area contributed by atoms with Gasteiger partial charge in [0, 0.05) is 29.7 Å². The van der Waals surface area contributed by atoms with Crippen molar-refractivity contribution in [3.8, 4) is 0 Å². The molecule has 21 heavy (non-hydrogen) atoms. The molecule has 0 atom stereocenters. The minimum Gasteiger partial charge on any atom is -0.362 e. The van der Waals surface area contributed by atoms with Crippen molar-refractivity contribution < 1.29 is 4.79 Å². The van der Waals surface area contributed by atoms with E-state index in [0.717, 1.165) is 47.1 Å². The molecule has 0 spiro atoms. The number of anilines is 1. The lowest BCUT2D eigenvalue weighted by molar-refractivity contribution is 0.0728. The second-order valence-electron chi connectivity index (χ2n) is 5.19. The lowest BCUT2D eigenvalue weighted by Gasteiger charge is -2.27. The molecule has 0 aliphatic carbocycles. The fraction of sp³-hybridized carbons (Fsp3) is 0.375. The molecule has 110 valence electrons. The van der Waals surface area contributed by atoms with Gasteiger partial charge < -0.3 is 10.2 Å². The van der Waals surface area contributed by atoms with Crippen LogP contribution >= 0.6 is 11.3 Å². The maximum atomic E-state index is 12.5. The van der Waals surface area contributed by atoms with Gasteiger partial charge in [0.25, 0.3) is 5.91 Å². The Bertz CT molecular complexity index is 638. The molecule has 1 amide bonds. The van der Waals surface area contributed by atoms with Gasteiger partial charge in [0.2, 0.25) is 0 Å². The van der Waals surface area contributed by atoms with Gasteiger partial charge in [-0.1, -0.05) is 25.1 Å². The highest BCUT2D eigenvalue weighted by Crippen LogP contribution is 2.24. The first-order valence-electron chi connectivity index (χ1n) is 7.33. The molecule has 1 aliphatic heterocycles. The second-order valence-corrected chi connectivity index (χ2v) is 6.31. The summed E-state index contributed by atoms with van der Waals surface area (Å²) < 4.78 is 0. The van der Waals surface area contributed by atoms with Crippen LogP contribution in [0.3, 0.4) is 0 Å². The summed E-state index contributed by atoms with van der Waals surface area (Å²) >= 11 is 1.63. The number of hydrogen-bond acceptors (Lipinski definition) is 4. The summed E-state index contributed by atoms with van der Waals surface area (Å²) in [6.07, 6.45) is 3.88. The Morgan fingerprint density at radius 1 is 1.38 bits per heavy atom. The molecule has 2 aromatic rings. The first kappa shape index (κ1) is 14.1. The number of fused-ring (bicyclic) bond motifs is 1. The van der Waals surface area contributed by atoms with E-state index in [1.807, 2.05) is 35.4 Å². The van der Waals surface area contributed by atoms with Crippen LogP contribution in [0.4, 0.5) is 5.13 Å². The summed E-state index contributed by atoms with van der Waals surface area (Å²) in [6, 6.07) is 7.89. The smallest absolute Gasteiger partial charge is 0.254 e. The topological polar surface area (TPSA) is 45.2 Å². The number of amides is 1. The Kier molecular flexibility index (Phi) is 4.20. The zero-order valence-electron chi connectivity index (χ0n) is 12.1. The van der Waals surface area contributed by atoms with Crippen LogP contribution in [-0.2, 0) is 13.0 Å². The Labute approximate surface area is 128 Å². The molecule has 2 heterocycles. The number of hydrogen-bond donors (Lipinski definition) is 1. The molecular weight excluding hydrogens is 282 g/mol. The van der Waals surface area contributed by atoms with Gasteiger partial charge in [0.15, 0.2) is 5.13 Å². The van der Waals surface area contributed by atoms with Crippen molar-refractivity contribution in [2.24, 2.45) is 0 Å². The summed E-state index contributed by atoms with van der Waals surface area (Å²) in [7, 11) is 0. The van der Waals surface area contributed by atoms with Crippen molar-refractivity contribution in [1.29, 1.82) is 0 Å². The van der Waals surface area contributed by atoms with Crippen molar-refractivity contribution in [2.45, 2.75) is 26.3 Å². The normalized spacial score (nSPS) is 14.1. The molecule has 0 fully saturated rings.